The molecule has 0 saturated carbocycles. The molecular formula is C15H22Cl2N2O. The standard InChI is InChI=1S/C15H21ClN2O.ClH/c1-10-4-3-5-13(14(10)16)15(19)18-8-6-12(7-9-18)11(2)17;/h3-5,11-12H,6-9,17H2,1-2H3;1H. The minimum Gasteiger partial charge on any atom is -0.339 e. The van der Waals surface area contributed by atoms with Gasteiger partial charge in [-0.15, -0.1) is 12.4 Å². The SMILES string of the molecule is Cc1cccc(C(=O)N2CCC(C(C)N)CC2)c1Cl.Cl. The van der Waals surface area contributed by atoms with Gasteiger partial charge in [0.15, 0.2) is 0 Å². The molecule has 2 N–H and O–H groups in total. The van der Waals surface area contributed by atoms with Gasteiger partial charge in [-0.1, -0.05) is 23.7 Å². The molecule has 1 aliphatic rings. The first-order valence-electron chi connectivity index (χ1n) is 6.80. The maximum atomic E-state index is 12.5. The van der Waals surface area contributed by atoms with Crippen molar-refractivity contribution in [2.75, 3.05) is 13.1 Å². The normalized spacial score (nSPS) is 17.5. The number of piperidine rings is 1. The van der Waals surface area contributed by atoms with Gasteiger partial charge in [0.2, 0.25) is 0 Å². The Hall–Kier alpha value is -0.770. The summed E-state index contributed by atoms with van der Waals surface area (Å²) >= 11 is 6.22. The summed E-state index contributed by atoms with van der Waals surface area (Å²) in [5.41, 5.74) is 7.47. The van der Waals surface area contributed by atoms with Crippen LogP contribution in [-0.4, -0.2) is 29.9 Å². The van der Waals surface area contributed by atoms with Gasteiger partial charge in [-0.25, -0.2) is 0 Å². The van der Waals surface area contributed by atoms with Crippen LogP contribution in [0.1, 0.15) is 35.7 Å². The Morgan fingerprint density at radius 3 is 2.55 bits per heavy atom. The first kappa shape index (κ1) is 17.3. The number of rotatable bonds is 2. The molecule has 3 nitrogen and oxygen atoms in total. The van der Waals surface area contributed by atoms with Crippen LogP contribution in [0.5, 0.6) is 0 Å². The number of likely N-dealkylation sites (tertiary alicyclic amines) is 1. The average molecular weight is 317 g/mol. The molecular weight excluding hydrogens is 295 g/mol. The largest absolute Gasteiger partial charge is 0.339 e. The molecule has 1 aromatic rings. The molecule has 5 heteroatoms. The molecule has 0 aliphatic carbocycles. The molecule has 112 valence electrons. The lowest BCUT2D eigenvalue weighted by Gasteiger charge is -2.34. The number of nitrogens with zero attached hydrogens (tertiary/aromatic N) is 1. The Kier molecular flexibility index (Phi) is 6.31. The van der Waals surface area contributed by atoms with E-state index in [1.165, 1.54) is 0 Å². The van der Waals surface area contributed by atoms with E-state index in [1.807, 2.05) is 30.9 Å². The van der Waals surface area contributed by atoms with Gasteiger partial charge < -0.3 is 10.6 Å². The number of halogens is 2. The van der Waals surface area contributed by atoms with Crippen molar-refractivity contribution in [1.29, 1.82) is 0 Å². The second kappa shape index (κ2) is 7.30. The zero-order valence-corrected chi connectivity index (χ0v) is 13.5. The number of benzene rings is 1. The van der Waals surface area contributed by atoms with Crippen LogP contribution >= 0.6 is 24.0 Å². The van der Waals surface area contributed by atoms with Crippen LogP contribution in [0.2, 0.25) is 5.02 Å². The van der Waals surface area contributed by atoms with E-state index in [2.05, 4.69) is 0 Å². The van der Waals surface area contributed by atoms with Crippen LogP contribution < -0.4 is 5.73 Å². The summed E-state index contributed by atoms with van der Waals surface area (Å²) in [6, 6.07) is 5.81. The molecule has 0 bridgehead atoms. The molecule has 1 saturated heterocycles. The molecule has 1 heterocycles. The summed E-state index contributed by atoms with van der Waals surface area (Å²) in [6.07, 6.45) is 1.96. The predicted molar refractivity (Wildman–Crippen MR) is 85.7 cm³/mol. The molecule has 0 aromatic heterocycles. The van der Waals surface area contributed by atoms with Gasteiger partial charge >= 0.3 is 0 Å². The highest BCUT2D eigenvalue weighted by Crippen LogP contribution is 2.25. The van der Waals surface area contributed by atoms with E-state index >= 15 is 0 Å². The van der Waals surface area contributed by atoms with Crippen molar-refractivity contribution in [1.82, 2.24) is 4.90 Å². The van der Waals surface area contributed by atoms with E-state index in [9.17, 15) is 4.79 Å². The maximum absolute atomic E-state index is 12.5. The van der Waals surface area contributed by atoms with Crippen LogP contribution in [0, 0.1) is 12.8 Å². The lowest BCUT2D eigenvalue weighted by atomic mass is 9.90. The average Bonchev–Trinajstić information content (AvgIpc) is 2.41. The number of nitrogens with two attached hydrogens (primary N) is 1. The molecule has 0 spiro atoms. The molecule has 1 aliphatic heterocycles. The van der Waals surface area contributed by atoms with Gasteiger partial charge in [-0.05, 0) is 44.2 Å². The van der Waals surface area contributed by atoms with Gasteiger partial charge in [0.05, 0.1) is 10.6 Å². The third-order valence-corrected chi connectivity index (χ3v) is 4.49. The quantitative estimate of drug-likeness (QED) is 0.910. The fourth-order valence-corrected chi connectivity index (χ4v) is 2.82. The zero-order valence-electron chi connectivity index (χ0n) is 11.9. The number of hydrogen-bond donors (Lipinski definition) is 1. The Morgan fingerprint density at radius 2 is 2.00 bits per heavy atom. The number of carbonyl (C=O) groups excluding carboxylic acids is 1. The van der Waals surface area contributed by atoms with Gasteiger partial charge in [-0.2, -0.15) is 0 Å². The van der Waals surface area contributed by atoms with Crippen LogP contribution in [0.3, 0.4) is 0 Å². The first-order valence-corrected chi connectivity index (χ1v) is 7.18. The number of aryl methyl sites for hydroxylation is 1. The highest BCUT2D eigenvalue weighted by molar-refractivity contribution is 6.34. The Bertz CT molecular complexity index is 469. The second-order valence-corrected chi connectivity index (χ2v) is 5.80. The fraction of sp³-hybridized carbons (Fsp3) is 0.533. The highest BCUT2D eigenvalue weighted by Gasteiger charge is 2.26. The van der Waals surface area contributed by atoms with Gasteiger partial charge in [0, 0.05) is 19.1 Å². The van der Waals surface area contributed by atoms with E-state index in [4.69, 9.17) is 17.3 Å². The molecule has 1 unspecified atom stereocenters. The Balaban J connectivity index is 0.00000200. The number of amides is 1. The van der Waals surface area contributed by atoms with Gasteiger partial charge in [-0.3, -0.25) is 4.79 Å². The lowest BCUT2D eigenvalue weighted by Crippen LogP contribution is -2.42. The van der Waals surface area contributed by atoms with Crippen LogP contribution in [0.15, 0.2) is 18.2 Å². The predicted octanol–water partition coefficient (Wildman–Crippen LogP) is 3.27. The smallest absolute Gasteiger partial charge is 0.255 e. The van der Waals surface area contributed by atoms with Crippen LogP contribution in [0.25, 0.3) is 0 Å². The van der Waals surface area contributed by atoms with Crippen molar-refractivity contribution in [2.24, 2.45) is 11.7 Å². The molecule has 0 radical (unpaired) electrons. The first-order chi connectivity index (χ1) is 9.00. The summed E-state index contributed by atoms with van der Waals surface area (Å²) in [5.74, 6) is 0.564. The number of hydrogen-bond acceptors (Lipinski definition) is 2. The van der Waals surface area contributed by atoms with E-state index in [1.54, 1.807) is 6.07 Å². The molecule has 1 fully saturated rings. The summed E-state index contributed by atoms with van der Waals surface area (Å²) in [6.45, 7) is 5.51. The topological polar surface area (TPSA) is 46.3 Å². The summed E-state index contributed by atoms with van der Waals surface area (Å²) in [4.78, 5) is 14.3. The van der Waals surface area contributed by atoms with E-state index in [0.717, 1.165) is 31.5 Å². The molecule has 20 heavy (non-hydrogen) atoms. The minimum absolute atomic E-state index is 0. The van der Waals surface area contributed by atoms with Gasteiger partial charge in [0.25, 0.3) is 5.91 Å². The summed E-state index contributed by atoms with van der Waals surface area (Å²) < 4.78 is 0. The molecule has 1 aromatic carbocycles. The molecule has 2 rings (SSSR count). The number of carbonyl (C=O) groups is 1. The third kappa shape index (κ3) is 3.66. The van der Waals surface area contributed by atoms with Crippen molar-refractivity contribution in [3.63, 3.8) is 0 Å². The van der Waals surface area contributed by atoms with Crippen molar-refractivity contribution < 1.29 is 4.79 Å². The van der Waals surface area contributed by atoms with Crippen LogP contribution in [-0.2, 0) is 0 Å². The minimum atomic E-state index is 0. The van der Waals surface area contributed by atoms with Crippen LogP contribution in [0.4, 0.5) is 0 Å². The third-order valence-electron chi connectivity index (χ3n) is 3.99. The van der Waals surface area contributed by atoms with E-state index < -0.39 is 0 Å². The molecule has 1 atom stereocenters. The maximum Gasteiger partial charge on any atom is 0.255 e. The van der Waals surface area contributed by atoms with Crippen molar-refractivity contribution in [3.8, 4) is 0 Å². The lowest BCUT2D eigenvalue weighted by molar-refractivity contribution is 0.0681. The monoisotopic (exact) mass is 316 g/mol. The Morgan fingerprint density at radius 1 is 1.40 bits per heavy atom. The van der Waals surface area contributed by atoms with Crippen molar-refractivity contribution in [3.05, 3.63) is 34.3 Å². The molecule has 1 amide bonds. The zero-order chi connectivity index (χ0) is 14.0. The van der Waals surface area contributed by atoms with Gasteiger partial charge in [0.1, 0.15) is 0 Å². The van der Waals surface area contributed by atoms with E-state index in [0.29, 0.717) is 16.5 Å². The highest BCUT2D eigenvalue weighted by atomic mass is 35.5. The van der Waals surface area contributed by atoms with Crippen molar-refractivity contribution >= 4 is 29.9 Å². The second-order valence-electron chi connectivity index (χ2n) is 5.43. The fourth-order valence-electron chi connectivity index (χ4n) is 2.61. The summed E-state index contributed by atoms with van der Waals surface area (Å²) in [5, 5.41) is 0.571. The summed E-state index contributed by atoms with van der Waals surface area (Å²) in [7, 11) is 0. The Labute approximate surface area is 131 Å². The van der Waals surface area contributed by atoms with Crippen molar-refractivity contribution in [2.45, 2.75) is 32.7 Å². The van der Waals surface area contributed by atoms with E-state index in [-0.39, 0.29) is 24.4 Å².